The van der Waals surface area contributed by atoms with E-state index in [0.29, 0.717) is 11.3 Å². The van der Waals surface area contributed by atoms with Gasteiger partial charge in [-0.05, 0) is 0 Å². The lowest BCUT2D eigenvalue weighted by atomic mass is 10.2. The molecule has 0 unspecified atom stereocenters. The SMILES string of the molecule is CN(C)/C=C1/C(=O)CSC1=O. The van der Waals surface area contributed by atoms with Crippen LogP contribution in [0.5, 0.6) is 0 Å². The second kappa shape index (κ2) is 3.09. The second-order valence-electron chi connectivity index (χ2n) is 2.51. The first kappa shape index (κ1) is 8.33. The van der Waals surface area contributed by atoms with Gasteiger partial charge in [-0.1, -0.05) is 11.8 Å². The summed E-state index contributed by atoms with van der Waals surface area (Å²) in [6, 6.07) is 0. The summed E-state index contributed by atoms with van der Waals surface area (Å²) in [6.45, 7) is 0. The fraction of sp³-hybridized carbons (Fsp3) is 0.429. The van der Waals surface area contributed by atoms with Crippen molar-refractivity contribution in [3.63, 3.8) is 0 Å². The zero-order valence-electron chi connectivity index (χ0n) is 6.46. The normalized spacial score (nSPS) is 21.5. The van der Waals surface area contributed by atoms with Crippen molar-refractivity contribution >= 4 is 22.7 Å². The van der Waals surface area contributed by atoms with Crippen molar-refractivity contribution in [2.45, 2.75) is 0 Å². The molecule has 0 amide bonds. The van der Waals surface area contributed by atoms with E-state index >= 15 is 0 Å². The Kier molecular flexibility index (Phi) is 2.34. The minimum Gasteiger partial charge on any atom is -0.383 e. The Labute approximate surface area is 69.4 Å². The van der Waals surface area contributed by atoms with Crippen LogP contribution in [0.4, 0.5) is 0 Å². The number of Topliss-reactive ketones (excluding diaryl/α,β-unsaturated/α-hetero) is 1. The van der Waals surface area contributed by atoms with Crippen LogP contribution in [0, 0.1) is 0 Å². The smallest absolute Gasteiger partial charge is 0.224 e. The molecule has 11 heavy (non-hydrogen) atoms. The minimum absolute atomic E-state index is 0.0614. The van der Waals surface area contributed by atoms with Gasteiger partial charge in [-0.3, -0.25) is 9.59 Å². The topological polar surface area (TPSA) is 37.4 Å². The summed E-state index contributed by atoms with van der Waals surface area (Å²) in [5.41, 5.74) is 0.319. The minimum atomic E-state index is -0.108. The van der Waals surface area contributed by atoms with E-state index in [1.165, 1.54) is 0 Å². The number of nitrogens with zero attached hydrogens (tertiary/aromatic N) is 1. The third-order valence-electron chi connectivity index (χ3n) is 1.24. The number of carbonyl (C=O) groups excluding carboxylic acids is 2. The van der Waals surface area contributed by atoms with Crippen LogP contribution in [0.15, 0.2) is 11.8 Å². The Morgan fingerprint density at radius 1 is 1.45 bits per heavy atom. The van der Waals surface area contributed by atoms with E-state index in [0.717, 1.165) is 11.8 Å². The highest BCUT2D eigenvalue weighted by molar-refractivity contribution is 8.15. The van der Waals surface area contributed by atoms with Gasteiger partial charge in [0.2, 0.25) is 5.12 Å². The number of hydrogen-bond donors (Lipinski definition) is 0. The molecule has 60 valence electrons. The maximum atomic E-state index is 11.0. The molecule has 4 heteroatoms. The van der Waals surface area contributed by atoms with Crippen LogP contribution in [-0.2, 0) is 9.59 Å². The van der Waals surface area contributed by atoms with Gasteiger partial charge in [0.05, 0.1) is 11.3 Å². The van der Waals surface area contributed by atoms with Crippen LogP contribution in [-0.4, -0.2) is 35.6 Å². The second-order valence-corrected chi connectivity index (χ2v) is 3.45. The summed E-state index contributed by atoms with van der Waals surface area (Å²) >= 11 is 1.07. The van der Waals surface area contributed by atoms with E-state index in [-0.39, 0.29) is 10.9 Å². The van der Waals surface area contributed by atoms with E-state index in [2.05, 4.69) is 0 Å². The fourth-order valence-electron chi connectivity index (χ4n) is 0.783. The van der Waals surface area contributed by atoms with Crippen LogP contribution in [0.3, 0.4) is 0 Å². The molecule has 0 saturated carbocycles. The van der Waals surface area contributed by atoms with E-state index in [9.17, 15) is 9.59 Å². The predicted molar refractivity (Wildman–Crippen MR) is 44.2 cm³/mol. The summed E-state index contributed by atoms with van der Waals surface area (Å²) in [5.74, 6) is 0.243. The van der Waals surface area contributed by atoms with Crippen LogP contribution < -0.4 is 0 Å². The molecule has 1 heterocycles. The Bertz CT molecular complexity index is 215. The van der Waals surface area contributed by atoms with Crippen molar-refractivity contribution in [3.8, 4) is 0 Å². The molecule has 0 aromatic carbocycles. The molecule has 3 nitrogen and oxygen atoms in total. The molecule has 0 radical (unpaired) electrons. The monoisotopic (exact) mass is 171 g/mol. The summed E-state index contributed by atoms with van der Waals surface area (Å²) < 4.78 is 0. The molecular formula is C7H9NO2S. The van der Waals surface area contributed by atoms with Crippen molar-refractivity contribution in [3.05, 3.63) is 11.8 Å². The number of thioether (sulfide) groups is 1. The van der Waals surface area contributed by atoms with Gasteiger partial charge < -0.3 is 4.90 Å². The molecule has 1 rings (SSSR count). The number of rotatable bonds is 1. The maximum Gasteiger partial charge on any atom is 0.224 e. The van der Waals surface area contributed by atoms with Crippen molar-refractivity contribution < 1.29 is 9.59 Å². The van der Waals surface area contributed by atoms with Gasteiger partial charge in [-0.25, -0.2) is 0 Å². The molecule has 0 aliphatic carbocycles. The molecule has 1 aliphatic heterocycles. The highest BCUT2D eigenvalue weighted by atomic mass is 32.2. The molecule has 1 fully saturated rings. The Morgan fingerprint density at radius 2 is 2.09 bits per heavy atom. The van der Waals surface area contributed by atoms with E-state index in [1.54, 1.807) is 25.2 Å². The zero-order chi connectivity index (χ0) is 8.43. The van der Waals surface area contributed by atoms with E-state index in [4.69, 9.17) is 0 Å². The number of carbonyl (C=O) groups is 2. The van der Waals surface area contributed by atoms with E-state index in [1.807, 2.05) is 0 Å². The summed E-state index contributed by atoms with van der Waals surface area (Å²) in [7, 11) is 3.58. The summed E-state index contributed by atoms with van der Waals surface area (Å²) in [5, 5.41) is -0.108. The van der Waals surface area contributed by atoms with E-state index < -0.39 is 0 Å². The standard InChI is InChI=1S/C7H9NO2S/c1-8(2)3-5-6(9)4-11-7(5)10/h3H,4H2,1-2H3/b5-3-. The van der Waals surface area contributed by atoms with Crippen LogP contribution >= 0.6 is 11.8 Å². The third kappa shape index (κ3) is 1.83. The Balaban J connectivity index is 2.84. The van der Waals surface area contributed by atoms with Gasteiger partial charge in [-0.2, -0.15) is 0 Å². The van der Waals surface area contributed by atoms with Gasteiger partial charge in [0, 0.05) is 20.3 Å². The van der Waals surface area contributed by atoms with Crippen molar-refractivity contribution in [1.29, 1.82) is 0 Å². The molecule has 0 atom stereocenters. The lowest BCUT2D eigenvalue weighted by Gasteiger charge is -2.03. The average molecular weight is 171 g/mol. The van der Waals surface area contributed by atoms with Crippen LogP contribution in [0.25, 0.3) is 0 Å². The number of ketones is 1. The molecule has 1 saturated heterocycles. The zero-order valence-corrected chi connectivity index (χ0v) is 7.27. The summed E-state index contributed by atoms with van der Waals surface area (Å²) in [6.07, 6.45) is 1.57. The quantitative estimate of drug-likeness (QED) is 0.419. The maximum absolute atomic E-state index is 11.0. The van der Waals surface area contributed by atoms with Gasteiger partial charge in [0.1, 0.15) is 0 Å². The highest BCUT2D eigenvalue weighted by Gasteiger charge is 2.26. The van der Waals surface area contributed by atoms with Gasteiger partial charge in [-0.15, -0.1) is 0 Å². The molecule has 1 aliphatic rings. The Morgan fingerprint density at radius 3 is 2.45 bits per heavy atom. The van der Waals surface area contributed by atoms with Crippen molar-refractivity contribution in [2.75, 3.05) is 19.8 Å². The van der Waals surface area contributed by atoms with Gasteiger partial charge >= 0.3 is 0 Å². The predicted octanol–water partition coefficient (Wildman–Crippen LogP) is 0.274. The van der Waals surface area contributed by atoms with Crippen LogP contribution in [0.1, 0.15) is 0 Å². The fourth-order valence-corrected chi connectivity index (χ4v) is 1.52. The highest BCUT2D eigenvalue weighted by Crippen LogP contribution is 2.21. The van der Waals surface area contributed by atoms with Crippen LogP contribution in [0.2, 0.25) is 0 Å². The molecule has 0 bridgehead atoms. The first-order valence-electron chi connectivity index (χ1n) is 3.20. The molecule has 0 aromatic heterocycles. The van der Waals surface area contributed by atoms with Gasteiger partial charge in [0.25, 0.3) is 0 Å². The number of hydrogen-bond acceptors (Lipinski definition) is 4. The van der Waals surface area contributed by atoms with Crippen molar-refractivity contribution in [2.24, 2.45) is 0 Å². The third-order valence-corrected chi connectivity index (χ3v) is 2.13. The Hall–Kier alpha value is -0.770. The molecule has 0 spiro atoms. The first-order valence-corrected chi connectivity index (χ1v) is 4.18. The lowest BCUT2D eigenvalue weighted by molar-refractivity contribution is -0.115. The lowest BCUT2D eigenvalue weighted by Crippen LogP contribution is -2.09. The molecule has 0 aromatic rings. The largest absolute Gasteiger partial charge is 0.383 e. The van der Waals surface area contributed by atoms with Gasteiger partial charge in [0.15, 0.2) is 5.78 Å². The first-order chi connectivity index (χ1) is 5.11. The molecule has 0 N–H and O–H groups in total. The molecular weight excluding hydrogens is 162 g/mol. The summed E-state index contributed by atoms with van der Waals surface area (Å²) in [4.78, 5) is 23.7. The van der Waals surface area contributed by atoms with Crippen molar-refractivity contribution in [1.82, 2.24) is 4.90 Å². The average Bonchev–Trinajstić information content (AvgIpc) is 2.18.